The molecular weight excluding hydrogens is 314 g/mol. The second-order valence-corrected chi connectivity index (χ2v) is 4.91. The van der Waals surface area contributed by atoms with Gasteiger partial charge in [-0.1, -0.05) is 0 Å². The van der Waals surface area contributed by atoms with Crippen LogP contribution in [0.5, 0.6) is 11.5 Å². The van der Waals surface area contributed by atoms with Crippen LogP contribution in [0.4, 0.5) is 16.2 Å². The molecule has 3 aromatic rings. The summed E-state index contributed by atoms with van der Waals surface area (Å²) in [5, 5.41) is 5.34. The Kier molecular flexibility index (Phi) is 4.11. The number of benzene rings is 2. The minimum absolute atomic E-state index is 0.362. The van der Waals surface area contributed by atoms with Gasteiger partial charge >= 0.3 is 11.8 Å². The molecule has 2 amide bonds. The van der Waals surface area contributed by atoms with E-state index in [4.69, 9.17) is 13.9 Å². The van der Waals surface area contributed by atoms with Crippen LogP contribution in [0, 0.1) is 0 Å². The van der Waals surface area contributed by atoms with E-state index in [2.05, 4.69) is 15.6 Å². The zero-order valence-electron chi connectivity index (χ0n) is 13.0. The monoisotopic (exact) mass is 329 g/mol. The topological polar surface area (TPSA) is 106 Å². The first-order chi connectivity index (χ1) is 11.6. The summed E-state index contributed by atoms with van der Waals surface area (Å²) in [5.74, 6) is 0.565. The average Bonchev–Trinajstić information content (AvgIpc) is 2.93. The van der Waals surface area contributed by atoms with Crippen molar-refractivity contribution in [3.8, 4) is 11.5 Å². The van der Waals surface area contributed by atoms with E-state index in [0.29, 0.717) is 34.0 Å². The number of urea groups is 1. The molecule has 0 fully saturated rings. The Bertz CT molecular complexity index is 922. The summed E-state index contributed by atoms with van der Waals surface area (Å²) in [6, 6.07) is 9.42. The minimum Gasteiger partial charge on any atom is -0.497 e. The molecule has 0 aliphatic heterocycles. The van der Waals surface area contributed by atoms with E-state index in [1.807, 2.05) is 0 Å². The molecule has 0 aliphatic rings. The number of aromatic amines is 1. The second-order valence-electron chi connectivity index (χ2n) is 4.91. The lowest BCUT2D eigenvalue weighted by atomic mass is 10.2. The Hall–Kier alpha value is -3.42. The number of aromatic nitrogens is 1. The summed E-state index contributed by atoms with van der Waals surface area (Å²) in [6.07, 6.45) is 0. The van der Waals surface area contributed by atoms with Crippen molar-refractivity contribution in [2.24, 2.45) is 0 Å². The van der Waals surface area contributed by atoms with Gasteiger partial charge in [-0.2, -0.15) is 0 Å². The fourth-order valence-corrected chi connectivity index (χ4v) is 2.20. The SMILES string of the molecule is COc1cc(NC(=O)Nc2ccc3[nH]c(=O)oc3c2)cc(OC)c1. The quantitative estimate of drug-likeness (QED) is 0.682. The summed E-state index contributed by atoms with van der Waals surface area (Å²) >= 11 is 0. The molecule has 0 saturated carbocycles. The number of H-pyrrole nitrogens is 1. The number of carbonyl (C=O) groups is 1. The smallest absolute Gasteiger partial charge is 0.417 e. The number of fused-ring (bicyclic) bond motifs is 1. The van der Waals surface area contributed by atoms with Crippen molar-refractivity contribution in [1.29, 1.82) is 0 Å². The number of hydrogen-bond donors (Lipinski definition) is 3. The summed E-state index contributed by atoms with van der Waals surface area (Å²) in [7, 11) is 3.05. The van der Waals surface area contributed by atoms with Crippen LogP contribution in [0.25, 0.3) is 11.1 Å². The van der Waals surface area contributed by atoms with Crippen molar-refractivity contribution in [3.63, 3.8) is 0 Å². The van der Waals surface area contributed by atoms with E-state index in [0.717, 1.165) is 0 Å². The summed E-state index contributed by atoms with van der Waals surface area (Å²) < 4.78 is 15.3. The molecule has 3 rings (SSSR count). The molecule has 0 spiro atoms. The number of anilines is 2. The van der Waals surface area contributed by atoms with Crippen LogP contribution in [0.15, 0.2) is 45.6 Å². The molecular formula is C16H15N3O5. The van der Waals surface area contributed by atoms with Crippen molar-refractivity contribution in [3.05, 3.63) is 46.9 Å². The highest BCUT2D eigenvalue weighted by Crippen LogP contribution is 2.26. The van der Waals surface area contributed by atoms with Gasteiger partial charge in [0.25, 0.3) is 0 Å². The van der Waals surface area contributed by atoms with Gasteiger partial charge in [0.05, 0.1) is 19.7 Å². The van der Waals surface area contributed by atoms with E-state index in [9.17, 15) is 9.59 Å². The summed E-state index contributed by atoms with van der Waals surface area (Å²) in [4.78, 5) is 25.8. The molecule has 3 N–H and O–H groups in total. The van der Waals surface area contributed by atoms with Gasteiger partial charge in [0.15, 0.2) is 5.58 Å². The van der Waals surface area contributed by atoms with Gasteiger partial charge in [0, 0.05) is 35.6 Å². The standard InChI is InChI=1S/C16H15N3O5/c1-22-11-5-10(6-12(8-11)23-2)18-15(20)17-9-3-4-13-14(7-9)24-16(21)19-13/h3-8H,1-2H3,(H,19,21)(H2,17,18,20). The predicted molar refractivity (Wildman–Crippen MR) is 89.0 cm³/mol. The van der Waals surface area contributed by atoms with Crippen molar-refractivity contribution in [2.45, 2.75) is 0 Å². The number of nitrogens with one attached hydrogen (secondary N) is 3. The van der Waals surface area contributed by atoms with Crippen LogP contribution >= 0.6 is 0 Å². The van der Waals surface area contributed by atoms with Gasteiger partial charge in [-0.25, -0.2) is 9.59 Å². The third-order valence-corrected chi connectivity index (χ3v) is 3.29. The Labute approximate surface area is 136 Å². The molecule has 0 radical (unpaired) electrons. The normalized spacial score (nSPS) is 10.4. The molecule has 8 heteroatoms. The van der Waals surface area contributed by atoms with Crippen molar-refractivity contribution in [2.75, 3.05) is 24.9 Å². The highest BCUT2D eigenvalue weighted by molar-refractivity contribution is 6.00. The zero-order valence-corrected chi connectivity index (χ0v) is 13.0. The Morgan fingerprint density at radius 3 is 2.33 bits per heavy atom. The Morgan fingerprint density at radius 2 is 1.67 bits per heavy atom. The Balaban J connectivity index is 1.75. The van der Waals surface area contributed by atoms with E-state index in [-0.39, 0.29) is 0 Å². The van der Waals surface area contributed by atoms with E-state index < -0.39 is 11.8 Å². The molecule has 24 heavy (non-hydrogen) atoms. The number of hydrogen-bond acceptors (Lipinski definition) is 5. The molecule has 1 aromatic heterocycles. The second kappa shape index (κ2) is 6.37. The molecule has 0 bridgehead atoms. The first kappa shape index (κ1) is 15.5. The largest absolute Gasteiger partial charge is 0.497 e. The molecule has 2 aromatic carbocycles. The maximum absolute atomic E-state index is 12.1. The van der Waals surface area contributed by atoms with Crippen LogP contribution in [-0.4, -0.2) is 25.2 Å². The maximum atomic E-state index is 12.1. The van der Waals surface area contributed by atoms with Gasteiger partial charge in [-0.3, -0.25) is 4.98 Å². The van der Waals surface area contributed by atoms with Crippen molar-refractivity contribution < 1.29 is 18.7 Å². The summed E-state index contributed by atoms with van der Waals surface area (Å²) in [5.41, 5.74) is 1.92. The number of methoxy groups -OCH3 is 2. The van der Waals surface area contributed by atoms with Crippen molar-refractivity contribution >= 4 is 28.5 Å². The third-order valence-electron chi connectivity index (χ3n) is 3.29. The average molecular weight is 329 g/mol. The van der Waals surface area contributed by atoms with Crippen LogP contribution in [0.2, 0.25) is 0 Å². The molecule has 0 atom stereocenters. The van der Waals surface area contributed by atoms with E-state index in [1.54, 1.807) is 36.4 Å². The van der Waals surface area contributed by atoms with Crippen LogP contribution in [0.1, 0.15) is 0 Å². The number of amides is 2. The first-order valence-electron chi connectivity index (χ1n) is 7.01. The highest BCUT2D eigenvalue weighted by atomic mass is 16.5. The molecule has 8 nitrogen and oxygen atoms in total. The van der Waals surface area contributed by atoms with E-state index in [1.165, 1.54) is 14.2 Å². The number of carbonyl (C=O) groups excluding carboxylic acids is 1. The third kappa shape index (κ3) is 3.32. The maximum Gasteiger partial charge on any atom is 0.417 e. The minimum atomic E-state index is -0.546. The number of oxazole rings is 1. The fourth-order valence-electron chi connectivity index (χ4n) is 2.20. The van der Waals surface area contributed by atoms with Gasteiger partial charge in [-0.15, -0.1) is 0 Å². The molecule has 124 valence electrons. The molecule has 1 heterocycles. The molecule has 0 saturated heterocycles. The molecule has 0 unspecified atom stereocenters. The number of ether oxygens (including phenoxy) is 2. The van der Waals surface area contributed by atoms with Crippen LogP contribution in [-0.2, 0) is 0 Å². The van der Waals surface area contributed by atoms with Crippen LogP contribution < -0.4 is 25.9 Å². The number of rotatable bonds is 4. The molecule has 0 aliphatic carbocycles. The first-order valence-corrected chi connectivity index (χ1v) is 7.01. The fraction of sp³-hybridized carbons (Fsp3) is 0.125. The van der Waals surface area contributed by atoms with Gasteiger partial charge in [0.1, 0.15) is 11.5 Å². The lowest BCUT2D eigenvalue weighted by molar-refractivity contribution is 0.262. The van der Waals surface area contributed by atoms with Crippen molar-refractivity contribution in [1.82, 2.24) is 4.98 Å². The zero-order chi connectivity index (χ0) is 17.1. The van der Waals surface area contributed by atoms with Gasteiger partial charge in [-0.05, 0) is 12.1 Å². The predicted octanol–water partition coefficient (Wildman–Crippen LogP) is 2.78. The van der Waals surface area contributed by atoms with Gasteiger partial charge < -0.3 is 24.5 Å². The lowest BCUT2D eigenvalue weighted by Crippen LogP contribution is -2.19. The summed E-state index contributed by atoms with van der Waals surface area (Å²) in [6.45, 7) is 0. The lowest BCUT2D eigenvalue weighted by Gasteiger charge is -2.10. The Morgan fingerprint density at radius 1 is 1.00 bits per heavy atom. The van der Waals surface area contributed by atoms with E-state index >= 15 is 0 Å². The highest BCUT2D eigenvalue weighted by Gasteiger charge is 2.08. The van der Waals surface area contributed by atoms with Gasteiger partial charge in [0.2, 0.25) is 0 Å². The van der Waals surface area contributed by atoms with Crippen LogP contribution in [0.3, 0.4) is 0 Å².